The van der Waals surface area contributed by atoms with Gasteiger partial charge in [-0.1, -0.05) is 11.2 Å². The number of rotatable bonds is 6. The van der Waals surface area contributed by atoms with Crippen molar-refractivity contribution >= 4 is 17.2 Å². The molecule has 0 N–H and O–H groups in total. The minimum absolute atomic E-state index is 0.152. The molecule has 3 aromatic rings. The number of hydrogen-bond acceptors (Lipinski definition) is 7. The van der Waals surface area contributed by atoms with Crippen LogP contribution in [0, 0.1) is 0 Å². The van der Waals surface area contributed by atoms with E-state index in [0.717, 1.165) is 44.7 Å². The van der Waals surface area contributed by atoms with Gasteiger partial charge in [0.2, 0.25) is 17.6 Å². The standard InChI is InChI=1S/C20H23N5O2S/c26-19(7-6-18-22-20(23-27-18)16-4-1-8-21-14-16)25-10-3-9-24(11-12-25)15-17-5-2-13-28-17/h1-2,4-5,8,13-14H,3,6-7,9-12,15H2. The average molecular weight is 398 g/mol. The van der Waals surface area contributed by atoms with Crippen LogP contribution in [0.4, 0.5) is 0 Å². The van der Waals surface area contributed by atoms with E-state index in [1.165, 1.54) is 4.88 Å². The van der Waals surface area contributed by atoms with Crippen LogP contribution in [0.2, 0.25) is 0 Å². The van der Waals surface area contributed by atoms with E-state index >= 15 is 0 Å². The zero-order valence-electron chi connectivity index (χ0n) is 15.7. The van der Waals surface area contributed by atoms with Gasteiger partial charge < -0.3 is 9.42 Å². The maximum absolute atomic E-state index is 12.6. The lowest BCUT2D eigenvalue weighted by atomic mass is 10.2. The van der Waals surface area contributed by atoms with Crippen LogP contribution >= 0.6 is 11.3 Å². The number of carbonyl (C=O) groups is 1. The molecule has 146 valence electrons. The van der Waals surface area contributed by atoms with Gasteiger partial charge in [0.25, 0.3) is 0 Å². The third-order valence-corrected chi connectivity index (χ3v) is 5.70. The van der Waals surface area contributed by atoms with Gasteiger partial charge >= 0.3 is 0 Å². The van der Waals surface area contributed by atoms with E-state index < -0.39 is 0 Å². The molecule has 7 nitrogen and oxygen atoms in total. The fourth-order valence-corrected chi connectivity index (χ4v) is 4.09. The molecule has 4 heterocycles. The molecule has 1 saturated heterocycles. The monoisotopic (exact) mass is 397 g/mol. The predicted molar refractivity (Wildman–Crippen MR) is 107 cm³/mol. The van der Waals surface area contributed by atoms with Crippen molar-refractivity contribution in [3.63, 3.8) is 0 Å². The van der Waals surface area contributed by atoms with Gasteiger partial charge in [-0.25, -0.2) is 0 Å². The minimum atomic E-state index is 0.152. The molecule has 0 radical (unpaired) electrons. The lowest BCUT2D eigenvalue weighted by Crippen LogP contribution is -2.35. The topological polar surface area (TPSA) is 75.4 Å². The van der Waals surface area contributed by atoms with Gasteiger partial charge in [-0.2, -0.15) is 4.98 Å². The van der Waals surface area contributed by atoms with Crippen molar-refractivity contribution in [2.75, 3.05) is 26.2 Å². The molecule has 1 fully saturated rings. The number of carbonyl (C=O) groups excluding carboxylic acids is 1. The minimum Gasteiger partial charge on any atom is -0.341 e. The largest absolute Gasteiger partial charge is 0.341 e. The summed E-state index contributed by atoms with van der Waals surface area (Å²) in [6.45, 7) is 4.49. The number of aromatic nitrogens is 3. The van der Waals surface area contributed by atoms with Crippen LogP contribution in [0.1, 0.15) is 23.6 Å². The highest BCUT2D eigenvalue weighted by Gasteiger charge is 2.20. The third kappa shape index (κ3) is 4.82. The molecule has 0 atom stereocenters. The first-order valence-corrected chi connectivity index (χ1v) is 10.4. The predicted octanol–water partition coefficient (Wildman–Crippen LogP) is 2.86. The molecule has 4 rings (SSSR count). The van der Waals surface area contributed by atoms with Gasteiger partial charge in [-0.3, -0.25) is 14.7 Å². The Morgan fingerprint density at radius 2 is 2.14 bits per heavy atom. The van der Waals surface area contributed by atoms with Gasteiger partial charge in [0.05, 0.1) is 0 Å². The van der Waals surface area contributed by atoms with Crippen molar-refractivity contribution < 1.29 is 9.32 Å². The normalized spacial score (nSPS) is 15.5. The molecule has 0 bridgehead atoms. The lowest BCUT2D eigenvalue weighted by molar-refractivity contribution is -0.131. The molecule has 1 amide bonds. The van der Waals surface area contributed by atoms with Crippen molar-refractivity contribution in [3.05, 3.63) is 52.8 Å². The van der Waals surface area contributed by atoms with Crippen molar-refractivity contribution in [1.29, 1.82) is 0 Å². The smallest absolute Gasteiger partial charge is 0.227 e. The van der Waals surface area contributed by atoms with Crippen molar-refractivity contribution in [2.45, 2.75) is 25.8 Å². The summed E-state index contributed by atoms with van der Waals surface area (Å²) < 4.78 is 5.29. The summed E-state index contributed by atoms with van der Waals surface area (Å²) in [6.07, 6.45) is 5.24. The molecule has 3 aromatic heterocycles. The first-order chi connectivity index (χ1) is 13.8. The second-order valence-electron chi connectivity index (χ2n) is 6.84. The third-order valence-electron chi connectivity index (χ3n) is 4.84. The van der Waals surface area contributed by atoms with Crippen LogP contribution in [0.3, 0.4) is 0 Å². The highest BCUT2D eigenvalue weighted by Crippen LogP contribution is 2.16. The zero-order valence-corrected chi connectivity index (χ0v) is 16.5. The van der Waals surface area contributed by atoms with Crippen LogP contribution in [0.25, 0.3) is 11.4 Å². The number of aryl methyl sites for hydroxylation is 1. The summed E-state index contributed by atoms with van der Waals surface area (Å²) in [5.74, 6) is 1.15. The number of pyridine rings is 1. The van der Waals surface area contributed by atoms with Crippen LogP contribution in [0.15, 0.2) is 46.6 Å². The van der Waals surface area contributed by atoms with Crippen molar-refractivity contribution in [2.24, 2.45) is 0 Å². The van der Waals surface area contributed by atoms with Crippen molar-refractivity contribution in [1.82, 2.24) is 24.9 Å². The highest BCUT2D eigenvalue weighted by atomic mass is 32.1. The SMILES string of the molecule is O=C(CCc1nc(-c2cccnc2)no1)N1CCCN(Cc2cccs2)CC1. The molecular formula is C20H23N5O2S. The summed E-state index contributed by atoms with van der Waals surface area (Å²) in [7, 11) is 0. The van der Waals surface area contributed by atoms with Crippen LogP contribution in [0.5, 0.6) is 0 Å². The Balaban J connectivity index is 1.26. The van der Waals surface area contributed by atoms with E-state index in [2.05, 4.69) is 37.5 Å². The van der Waals surface area contributed by atoms with Gasteiger partial charge in [-0.05, 0) is 30.0 Å². The Morgan fingerprint density at radius 1 is 1.18 bits per heavy atom. The fourth-order valence-electron chi connectivity index (χ4n) is 3.34. The second-order valence-corrected chi connectivity index (χ2v) is 7.88. The van der Waals surface area contributed by atoms with Gasteiger partial charge in [0.1, 0.15) is 0 Å². The Bertz CT molecular complexity index is 881. The van der Waals surface area contributed by atoms with Gasteiger partial charge in [0, 0.05) is 68.4 Å². The number of hydrogen-bond donors (Lipinski definition) is 0. The van der Waals surface area contributed by atoms with Crippen molar-refractivity contribution in [3.8, 4) is 11.4 Å². The average Bonchev–Trinajstić information content (AvgIpc) is 3.36. The molecule has 1 aliphatic rings. The van der Waals surface area contributed by atoms with Crippen LogP contribution < -0.4 is 0 Å². The zero-order chi connectivity index (χ0) is 19.2. The number of thiophene rings is 1. The Kier molecular flexibility index (Phi) is 6.08. The van der Waals surface area contributed by atoms with E-state index in [-0.39, 0.29) is 5.91 Å². The Morgan fingerprint density at radius 3 is 2.96 bits per heavy atom. The van der Waals surface area contributed by atoms with Crippen LogP contribution in [-0.4, -0.2) is 57.0 Å². The second kappa shape index (κ2) is 9.07. The maximum atomic E-state index is 12.6. The summed E-state index contributed by atoms with van der Waals surface area (Å²) in [6, 6.07) is 7.97. The summed E-state index contributed by atoms with van der Waals surface area (Å²) in [4.78, 5) is 26.8. The molecule has 0 saturated carbocycles. The molecule has 8 heteroatoms. The van der Waals surface area contributed by atoms with E-state index in [9.17, 15) is 4.79 Å². The molecule has 0 unspecified atom stereocenters. The first-order valence-electron chi connectivity index (χ1n) is 9.53. The lowest BCUT2D eigenvalue weighted by Gasteiger charge is -2.21. The van der Waals surface area contributed by atoms with Crippen LogP contribution in [-0.2, 0) is 17.8 Å². The van der Waals surface area contributed by atoms with E-state index in [1.54, 1.807) is 23.7 Å². The van der Waals surface area contributed by atoms with Gasteiger partial charge in [0.15, 0.2) is 0 Å². The van der Waals surface area contributed by atoms with E-state index in [1.807, 2.05) is 17.0 Å². The molecule has 0 spiro atoms. The molecule has 0 aromatic carbocycles. The summed E-state index contributed by atoms with van der Waals surface area (Å²) >= 11 is 1.79. The maximum Gasteiger partial charge on any atom is 0.227 e. The van der Waals surface area contributed by atoms with E-state index in [4.69, 9.17) is 4.52 Å². The summed E-state index contributed by atoms with van der Waals surface area (Å²) in [5, 5.41) is 6.09. The first kappa shape index (κ1) is 18.8. The number of nitrogens with zero attached hydrogens (tertiary/aromatic N) is 5. The quantitative estimate of drug-likeness (QED) is 0.637. The molecule has 1 aliphatic heterocycles. The highest BCUT2D eigenvalue weighted by molar-refractivity contribution is 7.09. The van der Waals surface area contributed by atoms with E-state index in [0.29, 0.717) is 24.6 Å². The molecule has 28 heavy (non-hydrogen) atoms. The number of amides is 1. The Hall–Kier alpha value is -2.58. The molecule has 0 aliphatic carbocycles. The summed E-state index contributed by atoms with van der Waals surface area (Å²) in [5.41, 5.74) is 0.808. The Labute approximate surface area is 168 Å². The fraction of sp³-hybridized carbons (Fsp3) is 0.400. The molecular weight excluding hydrogens is 374 g/mol. The van der Waals surface area contributed by atoms with Gasteiger partial charge in [-0.15, -0.1) is 11.3 Å².